The van der Waals surface area contributed by atoms with Crippen molar-refractivity contribution in [1.29, 1.82) is 0 Å². The van der Waals surface area contributed by atoms with Crippen molar-refractivity contribution in [2.45, 2.75) is 25.4 Å². The molecule has 2 saturated heterocycles. The zero-order chi connectivity index (χ0) is 13.4. The van der Waals surface area contributed by atoms with E-state index in [1.54, 1.807) is 5.48 Å². The molecule has 2 aliphatic heterocycles. The van der Waals surface area contributed by atoms with Crippen LogP contribution in [0.5, 0.6) is 0 Å². The van der Waals surface area contributed by atoms with Gasteiger partial charge in [-0.3, -0.25) is 14.9 Å². The molecule has 0 aromatic carbocycles. The molecular weight excluding hydrogens is 246 g/mol. The molecule has 3 heterocycles. The third-order valence-electron chi connectivity index (χ3n) is 4.02. The number of rotatable bonds is 3. The molecule has 0 aliphatic carbocycles. The van der Waals surface area contributed by atoms with Crippen molar-refractivity contribution in [3.8, 4) is 0 Å². The van der Waals surface area contributed by atoms with Gasteiger partial charge in [-0.25, -0.2) is 15.4 Å². The van der Waals surface area contributed by atoms with Gasteiger partial charge >= 0.3 is 0 Å². The van der Waals surface area contributed by atoms with Crippen LogP contribution < -0.4 is 10.4 Å². The van der Waals surface area contributed by atoms with E-state index in [1.165, 1.54) is 12.4 Å². The molecular formula is C12H17N5O2. The monoisotopic (exact) mass is 263 g/mol. The summed E-state index contributed by atoms with van der Waals surface area (Å²) in [5.74, 6) is 0.0735. The summed E-state index contributed by atoms with van der Waals surface area (Å²) in [7, 11) is 0. The molecule has 2 atom stereocenters. The highest BCUT2D eigenvalue weighted by Crippen LogP contribution is 2.32. The number of hydrogen-bond donors (Lipinski definition) is 2. The maximum atomic E-state index is 11.2. The molecule has 0 unspecified atom stereocenters. The number of carbonyl (C=O) groups is 1. The molecule has 3 rings (SSSR count). The van der Waals surface area contributed by atoms with Crippen LogP contribution in [-0.2, 0) is 0 Å². The van der Waals surface area contributed by atoms with Gasteiger partial charge in [-0.1, -0.05) is 6.92 Å². The lowest BCUT2D eigenvalue weighted by atomic mass is 10.2. The normalized spacial score (nSPS) is 25.9. The van der Waals surface area contributed by atoms with Gasteiger partial charge in [-0.2, -0.15) is 0 Å². The van der Waals surface area contributed by atoms with Crippen molar-refractivity contribution in [3.05, 3.63) is 18.0 Å². The van der Waals surface area contributed by atoms with Crippen LogP contribution in [-0.4, -0.2) is 57.7 Å². The Morgan fingerprint density at radius 1 is 1.42 bits per heavy atom. The van der Waals surface area contributed by atoms with Gasteiger partial charge in [-0.05, 0) is 13.0 Å². The molecule has 0 radical (unpaired) electrons. The van der Waals surface area contributed by atoms with Crippen molar-refractivity contribution in [2.24, 2.45) is 0 Å². The number of piperazine rings is 1. The van der Waals surface area contributed by atoms with Gasteiger partial charge in [0.15, 0.2) is 0 Å². The van der Waals surface area contributed by atoms with Crippen molar-refractivity contribution < 1.29 is 10.0 Å². The Labute approximate surface area is 111 Å². The lowest BCUT2D eigenvalue weighted by Gasteiger charge is -2.33. The van der Waals surface area contributed by atoms with Gasteiger partial charge in [0.05, 0.1) is 5.56 Å². The first kappa shape index (κ1) is 12.3. The van der Waals surface area contributed by atoms with Gasteiger partial charge in [-0.15, -0.1) is 0 Å². The second-order valence-corrected chi connectivity index (χ2v) is 5.00. The minimum Gasteiger partial charge on any atom is -0.335 e. The summed E-state index contributed by atoms with van der Waals surface area (Å²) in [5, 5.41) is 8.54. The van der Waals surface area contributed by atoms with Crippen LogP contribution in [0.25, 0.3) is 0 Å². The lowest BCUT2D eigenvalue weighted by Crippen LogP contribution is -2.46. The van der Waals surface area contributed by atoms with E-state index in [1.807, 2.05) is 0 Å². The summed E-state index contributed by atoms with van der Waals surface area (Å²) in [6.07, 6.45) is 4.05. The van der Waals surface area contributed by atoms with Gasteiger partial charge in [0, 0.05) is 37.6 Å². The van der Waals surface area contributed by atoms with Gasteiger partial charge in [0.25, 0.3) is 5.91 Å². The fourth-order valence-corrected chi connectivity index (χ4v) is 3.03. The predicted molar refractivity (Wildman–Crippen MR) is 68.1 cm³/mol. The summed E-state index contributed by atoms with van der Waals surface area (Å²) in [4.78, 5) is 24.3. The Morgan fingerprint density at radius 2 is 2.16 bits per heavy atom. The molecule has 2 N–H and O–H groups in total. The average Bonchev–Trinajstić information content (AvgIpc) is 3.06. The number of likely N-dealkylation sites (N-methyl/N-ethyl adjacent to an activating group) is 1. The average molecular weight is 263 g/mol. The molecule has 7 nitrogen and oxygen atoms in total. The van der Waals surface area contributed by atoms with E-state index < -0.39 is 5.91 Å². The molecule has 2 bridgehead atoms. The number of anilines is 1. The third-order valence-corrected chi connectivity index (χ3v) is 4.02. The van der Waals surface area contributed by atoms with E-state index in [2.05, 4.69) is 26.7 Å². The third kappa shape index (κ3) is 2.04. The number of hydrogen-bond acceptors (Lipinski definition) is 6. The first-order chi connectivity index (χ1) is 9.22. The largest absolute Gasteiger partial charge is 0.335 e. The smallest absolute Gasteiger partial charge is 0.277 e. The Bertz CT molecular complexity index is 478. The van der Waals surface area contributed by atoms with Gasteiger partial charge in [0.2, 0.25) is 5.95 Å². The topological polar surface area (TPSA) is 81.6 Å². The summed E-state index contributed by atoms with van der Waals surface area (Å²) in [6, 6.07) is 1.07. The van der Waals surface area contributed by atoms with Crippen LogP contribution in [0, 0.1) is 0 Å². The van der Waals surface area contributed by atoms with Crippen LogP contribution in [0.3, 0.4) is 0 Å². The van der Waals surface area contributed by atoms with E-state index in [0.717, 1.165) is 26.1 Å². The molecule has 7 heteroatoms. The highest BCUT2D eigenvalue weighted by molar-refractivity contribution is 5.92. The number of nitrogens with zero attached hydrogens (tertiary/aromatic N) is 4. The first-order valence-electron chi connectivity index (χ1n) is 6.50. The summed E-state index contributed by atoms with van der Waals surface area (Å²) in [5.41, 5.74) is 1.83. The second-order valence-electron chi connectivity index (χ2n) is 5.00. The molecule has 19 heavy (non-hydrogen) atoms. The standard InChI is InChI=1S/C12H17N5O2/c1-2-16-6-10-3-9(16)7-17(10)12-13-4-8(5-14-12)11(18)15-19/h4-5,9-10,19H,2-3,6-7H2,1H3,(H,15,18)/t9-,10-/m1/s1. The minimum atomic E-state index is -0.591. The SMILES string of the molecule is CCN1C[C@H]2C[C@@H]1CN2c1ncc(C(=O)NO)cn1. The first-order valence-corrected chi connectivity index (χ1v) is 6.50. The fraction of sp³-hybridized carbons (Fsp3) is 0.583. The highest BCUT2D eigenvalue weighted by atomic mass is 16.5. The van der Waals surface area contributed by atoms with Gasteiger partial charge < -0.3 is 4.90 Å². The van der Waals surface area contributed by atoms with Crippen molar-refractivity contribution in [3.63, 3.8) is 0 Å². The maximum absolute atomic E-state index is 11.2. The molecule has 1 aromatic rings. The number of amides is 1. The van der Waals surface area contributed by atoms with Crippen LogP contribution >= 0.6 is 0 Å². The van der Waals surface area contributed by atoms with E-state index >= 15 is 0 Å². The van der Waals surface area contributed by atoms with Gasteiger partial charge in [0.1, 0.15) is 0 Å². The maximum Gasteiger partial charge on any atom is 0.277 e. The molecule has 0 spiro atoms. The molecule has 2 aliphatic rings. The van der Waals surface area contributed by atoms with Crippen molar-refractivity contribution >= 4 is 11.9 Å². The predicted octanol–water partition coefficient (Wildman–Crippen LogP) is -0.122. The summed E-state index contributed by atoms with van der Waals surface area (Å²) >= 11 is 0. The quantitative estimate of drug-likeness (QED) is 0.584. The lowest BCUT2D eigenvalue weighted by molar-refractivity contribution is 0.0705. The Hall–Kier alpha value is -1.73. The number of hydroxylamine groups is 1. The number of likely N-dealkylation sites (tertiary alicyclic amines) is 1. The highest BCUT2D eigenvalue weighted by Gasteiger charge is 2.43. The molecule has 102 valence electrons. The molecule has 2 fully saturated rings. The zero-order valence-electron chi connectivity index (χ0n) is 10.8. The number of aromatic nitrogens is 2. The second kappa shape index (κ2) is 4.75. The number of nitrogens with one attached hydrogen (secondary N) is 1. The molecule has 0 saturated carbocycles. The summed E-state index contributed by atoms with van der Waals surface area (Å²) in [6.45, 7) is 5.28. The van der Waals surface area contributed by atoms with Crippen molar-refractivity contribution in [2.75, 3.05) is 24.5 Å². The van der Waals surface area contributed by atoms with Crippen LogP contribution in [0.15, 0.2) is 12.4 Å². The Morgan fingerprint density at radius 3 is 2.68 bits per heavy atom. The zero-order valence-corrected chi connectivity index (χ0v) is 10.8. The van der Waals surface area contributed by atoms with Crippen LogP contribution in [0.4, 0.5) is 5.95 Å². The molecule has 1 amide bonds. The minimum absolute atomic E-state index is 0.255. The molecule has 1 aromatic heterocycles. The summed E-state index contributed by atoms with van der Waals surface area (Å²) < 4.78 is 0. The van der Waals surface area contributed by atoms with E-state index in [4.69, 9.17) is 5.21 Å². The fourth-order valence-electron chi connectivity index (χ4n) is 3.03. The van der Waals surface area contributed by atoms with Crippen molar-refractivity contribution in [1.82, 2.24) is 20.3 Å². The van der Waals surface area contributed by atoms with Crippen LogP contribution in [0.2, 0.25) is 0 Å². The van der Waals surface area contributed by atoms with Crippen LogP contribution in [0.1, 0.15) is 23.7 Å². The van der Waals surface area contributed by atoms with E-state index in [-0.39, 0.29) is 5.56 Å². The Kier molecular flexibility index (Phi) is 3.08. The Balaban J connectivity index is 1.73. The number of fused-ring (bicyclic) bond motifs is 2. The van der Waals surface area contributed by atoms with E-state index in [9.17, 15) is 4.79 Å². The van der Waals surface area contributed by atoms with E-state index in [0.29, 0.717) is 18.0 Å². The number of carbonyl (C=O) groups excluding carboxylic acids is 1.